The molecule has 0 spiro atoms. The monoisotopic (exact) mass is 308 g/mol. The molecular weight excluding hydrogens is 280 g/mol. The first-order valence-electron chi connectivity index (χ1n) is 7.97. The predicted octanol–water partition coefficient (Wildman–Crippen LogP) is 3.41. The first-order valence-corrected chi connectivity index (χ1v) is 7.97. The summed E-state index contributed by atoms with van der Waals surface area (Å²) in [7, 11) is 0. The molecule has 1 fully saturated rings. The second kappa shape index (κ2) is 6.73. The summed E-state index contributed by atoms with van der Waals surface area (Å²) in [5.41, 5.74) is 0.960. The normalized spacial score (nSPS) is 18.3. The molecule has 1 N–H and O–H groups in total. The molecule has 1 aromatic heterocycles. The van der Waals surface area contributed by atoms with E-state index in [-0.39, 0.29) is 11.5 Å². The summed E-state index contributed by atoms with van der Waals surface area (Å²) in [5.74, 6) is 0. The lowest BCUT2D eigenvalue weighted by molar-refractivity contribution is 0.0119. The Morgan fingerprint density at radius 1 is 1.41 bits per heavy atom. The Kier molecular flexibility index (Phi) is 5.16. The standard InChI is InChI=1S/C17H28N2O3/c1-16(2,3)22-15(20)19-8-6-17(4,7-9-19)13-18-11-14-5-10-21-12-14/h5,10,12,18H,6-9,11,13H2,1-4H3. The van der Waals surface area contributed by atoms with Gasteiger partial charge in [0.2, 0.25) is 0 Å². The van der Waals surface area contributed by atoms with Crippen molar-refractivity contribution in [3.8, 4) is 0 Å². The Hall–Kier alpha value is -1.49. The van der Waals surface area contributed by atoms with Crippen LogP contribution < -0.4 is 5.32 Å². The zero-order valence-corrected chi connectivity index (χ0v) is 14.1. The largest absolute Gasteiger partial charge is 0.472 e. The lowest BCUT2D eigenvalue weighted by Crippen LogP contribution is -2.47. The fourth-order valence-corrected chi connectivity index (χ4v) is 2.63. The average molecular weight is 308 g/mol. The smallest absolute Gasteiger partial charge is 0.410 e. The Morgan fingerprint density at radius 2 is 2.09 bits per heavy atom. The number of carbonyl (C=O) groups is 1. The Bertz CT molecular complexity index is 469. The number of carbonyl (C=O) groups excluding carboxylic acids is 1. The number of nitrogens with zero attached hydrogens (tertiary/aromatic N) is 1. The van der Waals surface area contributed by atoms with Crippen LogP contribution in [-0.4, -0.2) is 36.2 Å². The fourth-order valence-electron chi connectivity index (χ4n) is 2.63. The van der Waals surface area contributed by atoms with Gasteiger partial charge in [-0.15, -0.1) is 0 Å². The number of likely N-dealkylation sites (tertiary alicyclic amines) is 1. The number of hydrogen-bond acceptors (Lipinski definition) is 4. The summed E-state index contributed by atoms with van der Waals surface area (Å²) in [6, 6.07) is 1.97. The van der Waals surface area contributed by atoms with E-state index in [2.05, 4.69) is 12.2 Å². The van der Waals surface area contributed by atoms with Gasteiger partial charge in [0.05, 0.1) is 12.5 Å². The zero-order valence-electron chi connectivity index (χ0n) is 14.1. The SMILES string of the molecule is CC1(CNCc2ccoc2)CCN(C(=O)OC(C)(C)C)CC1. The first-order chi connectivity index (χ1) is 10.3. The van der Waals surface area contributed by atoms with E-state index in [0.29, 0.717) is 0 Å². The summed E-state index contributed by atoms with van der Waals surface area (Å²) in [4.78, 5) is 13.9. The summed E-state index contributed by atoms with van der Waals surface area (Å²) in [6.07, 6.45) is 5.24. The van der Waals surface area contributed by atoms with Crippen LogP contribution in [0.1, 0.15) is 46.1 Å². The third-order valence-corrected chi connectivity index (χ3v) is 4.08. The van der Waals surface area contributed by atoms with E-state index in [1.807, 2.05) is 31.7 Å². The van der Waals surface area contributed by atoms with Crippen LogP contribution >= 0.6 is 0 Å². The maximum atomic E-state index is 12.1. The van der Waals surface area contributed by atoms with Crippen molar-refractivity contribution in [2.24, 2.45) is 5.41 Å². The molecule has 1 amide bonds. The van der Waals surface area contributed by atoms with Crippen molar-refractivity contribution in [3.63, 3.8) is 0 Å². The number of rotatable bonds is 4. The first kappa shape index (κ1) is 16.9. The molecule has 1 saturated heterocycles. The quantitative estimate of drug-likeness (QED) is 0.926. The van der Waals surface area contributed by atoms with Crippen LogP contribution in [0.5, 0.6) is 0 Å². The van der Waals surface area contributed by atoms with Gasteiger partial charge in [-0.1, -0.05) is 6.92 Å². The molecule has 0 atom stereocenters. The minimum absolute atomic E-state index is 0.194. The van der Waals surface area contributed by atoms with Crippen molar-refractivity contribution in [2.45, 2.75) is 52.7 Å². The van der Waals surface area contributed by atoms with Crippen molar-refractivity contribution in [1.29, 1.82) is 0 Å². The van der Waals surface area contributed by atoms with Crippen molar-refractivity contribution in [3.05, 3.63) is 24.2 Å². The summed E-state index contributed by atoms with van der Waals surface area (Å²) in [6.45, 7) is 11.3. The maximum Gasteiger partial charge on any atom is 0.410 e. The van der Waals surface area contributed by atoms with Gasteiger partial charge in [0.1, 0.15) is 5.60 Å². The van der Waals surface area contributed by atoms with Crippen LogP contribution in [0.4, 0.5) is 4.79 Å². The van der Waals surface area contributed by atoms with Crippen LogP contribution in [0.2, 0.25) is 0 Å². The van der Waals surface area contributed by atoms with Crippen molar-refractivity contribution in [1.82, 2.24) is 10.2 Å². The summed E-state index contributed by atoms with van der Waals surface area (Å²) >= 11 is 0. The molecule has 22 heavy (non-hydrogen) atoms. The van der Waals surface area contributed by atoms with Gasteiger partial charge in [-0.05, 0) is 45.1 Å². The lowest BCUT2D eigenvalue weighted by atomic mass is 9.80. The Balaban J connectivity index is 1.74. The number of piperidine rings is 1. The summed E-state index contributed by atoms with van der Waals surface area (Å²) in [5, 5.41) is 3.49. The molecule has 0 bridgehead atoms. The molecule has 0 saturated carbocycles. The molecule has 124 valence electrons. The molecule has 5 nitrogen and oxygen atoms in total. The van der Waals surface area contributed by atoms with Crippen LogP contribution in [0.3, 0.4) is 0 Å². The minimum Gasteiger partial charge on any atom is -0.472 e. The van der Waals surface area contributed by atoms with E-state index in [0.717, 1.165) is 44.6 Å². The molecule has 1 aliphatic heterocycles. The highest BCUT2D eigenvalue weighted by Gasteiger charge is 2.33. The average Bonchev–Trinajstić information content (AvgIpc) is 2.90. The third kappa shape index (κ3) is 5.05. The molecule has 2 rings (SSSR count). The van der Waals surface area contributed by atoms with Gasteiger partial charge in [0, 0.05) is 31.7 Å². The van der Waals surface area contributed by atoms with E-state index in [1.54, 1.807) is 12.5 Å². The van der Waals surface area contributed by atoms with Gasteiger partial charge >= 0.3 is 6.09 Å². The van der Waals surface area contributed by atoms with Gasteiger partial charge in [0.25, 0.3) is 0 Å². The van der Waals surface area contributed by atoms with Gasteiger partial charge in [-0.3, -0.25) is 0 Å². The number of ether oxygens (including phenoxy) is 1. The van der Waals surface area contributed by atoms with Gasteiger partial charge in [-0.25, -0.2) is 4.79 Å². The predicted molar refractivity (Wildman–Crippen MR) is 85.6 cm³/mol. The highest BCUT2D eigenvalue weighted by molar-refractivity contribution is 5.68. The number of nitrogens with one attached hydrogen (secondary N) is 1. The molecule has 0 aliphatic carbocycles. The van der Waals surface area contributed by atoms with Crippen molar-refractivity contribution < 1.29 is 13.9 Å². The second-order valence-electron chi connectivity index (χ2n) is 7.51. The Morgan fingerprint density at radius 3 is 2.64 bits per heavy atom. The highest BCUT2D eigenvalue weighted by Crippen LogP contribution is 2.30. The summed E-state index contributed by atoms with van der Waals surface area (Å²) < 4.78 is 10.5. The molecular formula is C17H28N2O3. The van der Waals surface area contributed by atoms with Crippen LogP contribution in [0.15, 0.2) is 23.0 Å². The molecule has 1 aliphatic rings. The van der Waals surface area contributed by atoms with Crippen LogP contribution in [0, 0.1) is 5.41 Å². The zero-order chi connectivity index (χ0) is 16.2. The molecule has 2 heterocycles. The molecule has 5 heteroatoms. The fraction of sp³-hybridized carbons (Fsp3) is 0.706. The molecule has 0 unspecified atom stereocenters. The number of hydrogen-bond donors (Lipinski definition) is 1. The number of furan rings is 1. The molecule has 0 radical (unpaired) electrons. The van der Waals surface area contributed by atoms with Gasteiger partial charge in [0.15, 0.2) is 0 Å². The van der Waals surface area contributed by atoms with Crippen LogP contribution in [-0.2, 0) is 11.3 Å². The topological polar surface area (TPSA) is 54.7 Å². The minimum atomic E-state index is -0.427. The third-order valence-electron chi connectivity index (χ3n) is 4.08. The van der Waals surface area contributed by atoms with Crippen LogP contribution in [0.25, 0.3) is 0 Å². The van der Waals surface area contributed by atoms with E-state index in [9.17, 15) is 4.79 Å². The molecule has 0 aromatic carbocycles. The molecule has 1 aromatic rings. The second-order valence-corrected chi connectivity index (χ2v) is 7.51. The van der Waals surface area contributed by atoms with Crippen molar-refractivity contribution in [2.75, 3.05) is 19.6 Å². The number of amides is 1. The lowest BCUT2D eigenvalue weighted by Gasteiger charge is -2.39. The van der Waals surface area contributed by atoms with E-state index < -0.39 is 5.60 Å². The Labute approximate surface area is 133 Å². The van der Waals surface area contributed by atoms with Gasteiger partial charge < -0.3 is 19.4 Å². The highest BCUT2D eigenvalue weighted by atomic mass is 16.6. The maximum absolute atomic E-state index is 12.1. The van der Waals surface area contributed by atoms with E-state index in [4.69, 9.17) is 9.15 Å². The van der Waals surface area contributed by atoms with E-state index >= 15 is 0 Å². The van der Waals surface area contributed by atoms with E-state index in [1.165, 1.54) is 0 Å². The van der Waals surface area contributed by atoms with Crippen molar-refractivity contribution >= 4 is 6.09 Å². The van der Waals surface area contributed by atoms with Gasteiger partial charge in [-0.2, -0.15) is 0 Å².